The van der Waals surface area contributed by atoms with E-state index < -0.39 is 18.2 Å². The standard InChI is InChI=1S/C26H21BrN4O3S/c27-19-10-4-5-11-20(19)29-25(35)31-21(13-12-17-7-6-14-28-15-17)23(24(31)32)30-22(16-34-26(30)33)18-8-2-1-3-9-18/h1-15,21-23H,16H2,(H,29,35)/b13-12+/t21-,22-,23-/m1/s1. The van der Waals surface area contributed by atoms with Crippen LogP contribution in [-0.2, 0) is 9.53 Å². The van der Waals surface area contributed by atoms with Gasteiger partial charge in [0.15, 0.2) is 5.11 Å². The average molecular weight is 549 g/mol. The zero-order valence-electron chi connectivity index (χ0n) is 18.5. The molecule has 1 aromatic heterocycles. The molecule has 0 aliphatic carbocycles. The molecule has 0 saturated carbocycles. The Balaban J connectivity index is 1.46. The second-order valence-electron chi connectivity index (χ2n) is 8.11. The number of hydrogen-bond acceptors (Lipinski definition) is 5. The van der Waals surface area contributed by atoms with E-state index in [1.807, 2.05) is 78.9 Å². The summed E-state index contributed by atoms with van der Waals surface area (Å²) in [5, 5.41) is 3.40. The molecule has 2 aliphatic heterocycles. The van der Waals surface area contributed by atoms with Crippen LogP contribution in [0.25, 0.3) is 6.08 Å². The lowest BCUT2D eigenvalue weighted by Gasteiger charge is -2.49. The normalized spacial score (nSPS) is 21.7. The first-order valence-corrected chi connectivity index (χ1v) is 12.2. The highest BCUT2D eigenvalue weighted by atomic mass is 79.9. The SMILES string of the molecule is O=C1[C@H](N2C(=O)OC[C@@H]2c2ccccc2)[C@@H](/C=C/c2cccnc2)N1C(=S)Nc1ccccc1Br. The first kappa shape index (κ1) is 23.2. The molecule has 5 rings (SSSR count). The summed E-state index contributed by atoms with van der Waals surface area (Å²) >= 11 is 9.12. The van der Waals surface area contributed by atoms with E-state index in [-0.39, 0.29) is 23.7 Å². The lowest BCUT2D eigenvalue weighted by molar-refractivity contribution is -0.146. The third kappa shape index (κ3) is 4.56. The van der Waals surface area contributed by atoms with E-state index in [2.05, 4.69) is 26.2 Å². The van der Waals surface area contributed by atoms with Crippen LogP contribution in [-0.4, -0.2) is 50.6 Å². The van der Waals surface area contributed by atoms with Crippen LogP contribution in [0.5, 0.6) is 0 Å². The Morgan fingerprint density at radius 1 is 1.09 bits per heavy atom. The molecule has 0 unspecified atom stereocenters. The molecule has 176 valence electrons. The highest BCUT2D eigenvalue weighted by Crippen LogP contribution is 2.38. The summed E-state index contributed by atoms with van der Waals surface area (Å²) in [6.07, 6.45) is 6.67. The number of cyclic esters (lactones) is 1. The molecule has 2 saturated heterocycles. The molecule has 0 bridgehead atoms. The number of benzene rings is 2. The monoisotopic (exact) mass is 548 g/mol. The fraction of sp³-hybridized carbons (Fsp3) is 0.154. The Labute approximate surface area is 216 Å². The smallest absolute Gasteiger partial charge is 0.411 e. The Morgan fingerprint density at radius 2 is 1.86 bits per heavy atom. The summed E-state index contributed by atoms with van der Waals surface area (Å²) in [5.74, 6) is -0.268. The number of nitrogens with zero attached hydrogens (tertiary/aromatic N) is 3. The Morgan fingerprint density at radius 3 is 2.60 bits per heavy atom. The predicted molar refractivity (Wildman–Crippen MR) is 140 cm³/mol. The zero-order chi connectivity index (χ0) is 24.4. The van der Waals surface area contributed by atoms with Crippen LogP contribution in [0.15, 0.2) is 89.7 Å². The minimum Gasteiger partial charge on any atom is -0.447 e. The fourth-order valence-electron chi connectivity index (χ4n) is 4.30. The van der Waals surface area contributed by atoms with Crippen molar-refractivity contribution in [3.05, 3.63) is 101 Å². The van der Waals surface area contributed by atoms with Gasteiger partial charge in [-0.3, -0.25) is 19.6 Å². The van der Waals surface area contributed by atoms with Crippen molar-refractivity contribution in [1.82, 2.24) is 14.8 Å². The second kappa shape index (κ2) is 9.97. The van der Waals surface area contributed by atoms with Crippen molar-refractivity contribution in [2.45, 2.75) is 18.1 Å². The molecule has 2 aromatic carbocycles. The summed E-state index contributed by atoms with van der Waals surface area (Å²) in [6.45, 7) is 0.186. The predicted octanol–water partition coefficient (Wildman–Crippen LogP) is 5.03. The molecule has 3 aromatic rings. The van der Waals surface area contributed by atoms with Crippen molar-refractivity contribution < 1.29 is 14.3 Å². The topological polar surface area (TPSA) is 74.8 Å². The lowest BCUT2D eigenvalue weighted by atomic mass is 9.91. The third-order valence-corrected chi connectivity index (χ3v) is 7.00. The molecule has 0 spiro atoms. The Hall–Kier alpha value is -3.56. The third-order valence-electron chi connectivity index (χ3n) is 6.01. The molecular formula is C26H21BrN4O3S. The van der Waals surface area contributed by atoms with Gasteiger partial charge < -0.3 is 10.1 Å². The van der Waals surface area contributed by atoms with Crippen LogP contribution in [0.4, 0.5) is 10.5 Å². The van der Waals surface area contributed by atoms with Gasteiger partial charge in [-0.05, 0) is 57.5 Å². The van der Waals surface area contributed by atoms with Gasteiger partial charge in [-0.2, -0.15) is 0 Å². The summed E-state index contributed by atoms with van der Waals surface area (Å²) in [4.78, 5) is 33.5. The Kier molecular flexibility index (Phi) is 6.61. The quantitative estimate of drug-likeness (QED) is 0.356. The van der Waals surface area contributed by atoms with Gasteiger partial charge in [0, 0.05) is 16.9 Å². The summed E-state index contributed by atoms with van der Waals surface area (Å²) in [6, 6.07) is 19.3. The zero-order valence-corrected chi connectivity index (χ0v) is 20.9. The van der Waals surface area contributed by atoms with E-state index in [0.29, 0.717) is 0 Å². The first-order valence-electron chi connectivity index (χ1n) is 11.0. The number of para-hydroxylation sites is 1. The average Bonchev–Trinajstić information content (AvgIpc) is 3.24. The second-order valence-corrected chi connectivity index (χ2v) is 9.35. The minimum absolute atomic E-state index is 0.186. The number of β-lactam (4-membered cyclic amide) rings is 1. The minimum atomic E-state index is -0.748. The van der Waals surface area contributed by atoms with Crippen molar-refractivity contribution in [3.63, 3.8) is 0 Å². The Bertz CT molecular complexity index is 1290. The maximum Gasteiger partial charge on any atom is 0.411 e. The van der Waals surface area contributed by atoms with Crippen molar-refractivity contribution in [2.75, 3.05) is 11.9 Å². The molecule has 2 amide bonds. The van der Waals surface area contributed by atoms with Crippen molar-refractivity contribution in [2.24, 2.45) is 0 Å². The molecule has 35 heavy (non-hydrogen) atoms. The van der Waals surface area contributed by atoms with E-state index in [4.69, 9.17) is 17.0 Å². The van der Waals surface area contributed by atoms with Gasteiger partial charge in [0.05, 0.1) is 17.8 Å². The number of carbonyl (C=O) groups is 2. The highest BCUT2D eigenvalue weighted by Gasteiger charge is 2.56. The maximum absolute atomic E-state index is 13.5. The van der Waals surface area contributed by atoms with Gasteiger partial charge in [0.25, 0.3) is 5.91 Å². The molecule has 0 radical (unpaired) electrons. The van der Waals surface area contributed by atoms with Crippen LogP contribution in [0.3, 0.4) is 0 Å². The number of likely N-dealkylation sites (tertiary alicyclic amines) is 1. The number of nitrogens with one attached hydrogen (secondary N) is 1. The number of rotatable bonds is 5. The molecular weight excluding hydrogens is 528 g/mol. The van der Waals surface area contributed by atoms with E-state index in [1.165, 1.54) is 9.80 Å². The van der Waals surface area contributed by atoms with E-state index in [1.54, 1.807) is 12.4 Å². The van der Waals surface area contributed by atoms with Gasteiger partial charge >= 0.3 is 6.09 Å². The number of anilines is 1. The van der Waals surface area contributed by atoms with Crippen LogP contribution in [0.1, 0.15) is 17.2 Å². The molecule has 1 N–H and O–H groups in total. The number of carbonyl (C=O) groups excluding carboxylic acids is 2. The maximum atomic E-state index is 13.5. The largest absolute Gasteiger partial charge is 0.447 e. The first-order chi connectivity index (χ1) is 17.0. The molecule has 9 heteroatoms. The number of thiocarbonyl (C=S) groups is 1. The molecule has 3 atom stereocenters. The molecule has 2 fully saturated rings. The number of aromatic nitrogens is 1. The van der Waals surface area contributed by atoms with Gasteiger partial charge in [-0.25, -0.2) is 4.79 Å². The van der Waals surface area contributed by atoms with Gasteiger partial charge in [-0.1, -0.05) is 60.7 Å². The number of hydrogen-bond donors (Lipinski definition) is 1. The number of pyridine rings is 1. The van der Waals surface area contributed by atoms with Crippen LogP contribution < -0.4 is 5.32 Å². The summed E-state index contributed by atoms with van der Waals surface area (Å²) < 4.78 is 6.20. The fourth-order valence-corrected chi connectivity index (χ4v) is 5.00. The summed E-state index contributed by atoms with van der Waals surface area (Å²) in [5.41, 5.74) is 2.53. The van der Waals surface area contributed by atoms with Crippen molar-refractivity contribution >= 4 is 57.0 Å². The lowest BCUT2D eigenvalue weighted by Crippen LogP contribution is -2.72. The molecule has 7 nitrogen and oxygen atoms in total. The van der Waals surface area contributed by atoms with E-state index >= 15 is 0 Å². The van der Waals surface area contributed by atoms with Crippen molar-refractivity contribution in [1.29, 1.82) is 0 Å². The van der Waals surface area contributed by atoms with Crippen LogP contribution >= 0.6 is 28.1 Å². The van der Waals surface area contributed by atoms with E-state index in [9.17, 15) is 9.59 Å². The van der Waals surface area contributed by atoms with E-state index in [0.717, 1.165) is 21.3 Å². The van der Waals surface area contributed by atoms with Crippen LogP contribution in [0.2, 0.25) is 0 Å². The number of halogens is 1. The van der Waals surface area contributed by atoms with Gasteiger partial charge in [-0.15, -0.1) is 0 Å². The van der Waals surface area contributed by atoms with Crippen LogP contribution in [0, 0.1) is 0 Å². The molecule has 2 aliphatic rings. The van der Waals surface area contributed by atoms with Crippen molar-refractivity contribution in [3.8, 4) is 0 Å². The van der Waals surface area contributed by atoms with Gasteiger partial charge in [0.2, 0.25) is 0 Å². The summed E-state index contributed by atoms with van der Waals surface area (Å²) in [7, 11) is 0. The highest BCUT2D eigenvalue weighted by molar-refractivity contribution is 9.10. The number of ether oxygens (including phenoxy) is 1. The van der Waals surface area contributed by atoms with Gasteiger partial charge in [0.1, 0.15) is 12.6 Å². The number of amides is 2. The molecule has 3 heterocycles.